The summed E-state index contributed by atoms with van der Waals surface area (Å²) in [5.74, 6) is 0.795. The average molecular weight is 277 g/mol. The van der Waals surface area contributed by atoms with Crippen LogP contribution in [0.25, 0.3) is 0 Å². The lowest BCUT2D eigenvalue weighted by atomic mass is 9.74. The molecule has 2 unspecified atom stereocenters. The fraction of sp³-hybridized carbons (Fsp3) is 0.812. The third kappa shape index (κ3) is 2.91. The smallest absolute Gasteiger partial charge is 0.0675 e. The van der Waals surface area contributed by atoms with Gasteiger partial charge in [0.1, 0.15) is 0 Å². The topological polar surface area (TPSA) is 39.1 Å². The van der Waals surface area contributed by atoms with E-state index < -0.39 is 0 Å². The number of aromatic nitrogens is 2. The van der Waals surface area contributed by atoms with Crippen LogP contribution in [-0.2, 0) is 18.2 Å². The van der Waals surface area contributed by atoms with Crippen molar-refractivity contribution >= 4 is 0 Å². The highest BCUT2D eigenvalue weighted by atomic mass is 16.5. The van der Waals surface area contributed by atoms with Crippen molar-refractivity contribution in [2.24, 2.45) is 18.4 Å². The summed E-state index contributed by atoms with van der Waals surface area (Å²) in [6, 6.07) is 0.529. The van der Waals surface area contributed by atoms with E-state index in [0.29, 0.717) is 12.1 Å². The number of nitrogens with zero attached hydrogens (tertiary/aromatic N) is 2. The summed E-state index contributed by atoms with van der Waals surface area (Å²) < 4.78 is 8.04. The molecular weight excluding hydrogens is 250 g/mol. The molecule has 0 bridgehead atoms. The van der Waals surface area contributed by atoms with E-state index in [-0.39, 0.29) is 5.41 Å². The highest BCUT2D eigenvalue weighted by Gasteiger charge is 2.50. The molecule has 0 spiro atoms. The predicted octanol–water partition coefficient (Wildman–Crippen LogP) is 2.15. The van der Waals surface area contributed by atoms with Crippen LogP contribution < -0.4 is 5.32 Å². The number of nitrogens with one attached hydrogen (secondary N) is 1. The first kappa shape index (κ1) is 14.1. The molecule has 1 aromatic rings. The maximum atomic E-state index is 6.14. The monoisotopic (exact) mass is 277 g/mol. The van der Waals surface area contributed by atoms with Gasteiger partial charge in [-0.15, -0.1) is 0 Å². The van der Waals surface area contributed by atoms with Crippen LogP contribution in [0.1, 0.15) is 38.7 Å². The van der Waals surface area contributed by atoms with E-state index in [0.717, 1.165) is 25.5 Å². The molecule has 2 aliphatic rings. The molecule has 2 heterocycles. The Morgan fingerprint density at radius 3 is 2.90 bits per heavy atom. The summed E-state index contributed by atoms with van der Waals surface area (Å²) in [6.45, 7) is 6.42. The molecular formula is C16H27N3O. The van der Waals surface area contributed by atoms with E-state index in [1.807, 2.05) is 17.9 Å². The maximum Gasteiger partial charge on any atom is 0.0675 e. The number of rotatable bonds is 6. The normalized spacial score (nSPS) is 30.3. The van der Waals surface area contributed by atoms with Gasteiger partial charge in [-0.05, 0) is 37.2 Å². The number of aryl methyl sites for hydroxylation is 1. The molecule has 20 heavy (non-hydrogen) atoms. The van der Waals surface area contributed by atoms with Crippen molar-refractivity contribution in [2.75, 3.05) is 13.2 Å². The molecule has 4 nitrogen and oxygen atoms in total. The molecule has 1 aliphatic carbocycles. The minimum absolute atomic E-state index is 0.258. The van der Waals surface area contributed by atoms with Crippen LogP contribution in [0, 0.1) is 11.3 Å². The van der Waals surface area contributed by atoms with Crippen LogP contribution in [0.5, 0.6) is 0 Å². The third-order valence-corrected chi connectivity index (χ3v) is 4.73. The number of hydrogen-bond donors (Lipinski definition) is 1. The van der Waals surface area contributed by atoms with Gasteiger partial charge in [0.2, 0.25) is 0 Å². The standard InChI is InChI=1S/C16H27N3O/c1-12(2)17-11-16(8-13-9-18-19(3)10-13)6-7-20-15(16)14-4-5-14/h9-10,12,14-15,17H,4-8,11H2,1-3H3. The van der Waals surface area contributed by atoms with Crippen molar-refractivity contribution in [3.8, 4) is 0 Å². The highest BCUT2D eigenvalue weighted by molar-refractivity contribution is 5.12. The van der Waals surface area contributed by atoms with Crippen molar-refractivity contribution in [3.63, 3.8) is 0 Å². The molecule has 1 aliphatic heterocycles. The van der Waals surface area contributed by atoms with Crippen LogP contribution in [0.4, 0.5) is 0 Å². The van der Waals surface area contributed by atoms with E-state index >= 15 is 0 Å². The van der Waals surface area contributed by atoms with Gasteiger partial charge in [0.15, 0.2) is 0 Å². The zero-order valence-electron chi connectivity index (χ0n) is 12.9. The van der Waals surface area contributed by atoms with E-state index in [2.05, 4.69) is 30.5 Å². The average Bonchev–Trinajstić information content (AvgIpc) is 3.04. The van der Waals surface area contributed by atoms with E-state index in [9.17, 15) is 0 Å². The molecule has 0 radical (unpaired) electrons. The molecule has 3 rings (SSSR count). The zero-order chi connectivity index (χ0) is 14.2. The fourth-order valence-corrected chi connectivity index (χ4v) is 3.56. The second-order valence-electron chi connectivity index (χ2n) is 6.98. The second kappa shape index (κ2) is 5.49. The summed E-state index contributed by atoms with van der Waals surface area (Å²) >= 11 is 0. The Kier molecular flexibility index (Phi) is 3.87. The van der Waals surface area contributed by atoms with Crippen LogP contribution in [0.15, 0.2) is 12.4 Å². The van der Waals surface area contributed by atoms with Gasteiger partial charge in [-0.3, -0.25) is 4.68 Å². The van der Waals surface area contributed by atoms with Gasteiger partial charge in [0.25, 0.3) is 0 Å². The van der Waals surface area contributed by atoms with E-state index in [1.165, 1.54) is 24.8 Å². The first-order valence-corrected chi connectivity index (χ1v) is 7.91. The van der Waals surface area contributed by atoms with Crippen molar-refractivity contribution < 1.29 is 4.74 Å². The number of ether oxygens (including phenoxy) is 1. The molecule has 2 atom stereocenters. The van der Waals surface area contributed by atoms with E-state index in [4.69, 9.17) is 4.74 Å². The van der Waals surface area contributed by atoms with Gasteiger partial charge < -0.3 is 10.1 Å². The van der Waals surface area contributed by atoms with Gasteiger partial charge >= 0.3 is 0 Å². The molecule has 1 N–H and O–H groups in total. The van der Waals surface area contributed by atoms with Crippen molar-refractivity contribution in [2.45, 2.75) is 51.7 Å². The van der Waals surface area contributed by atoms with Crippen LogP contribution in [0.2, 0.25) is 0 Å². The third-order valence-electron chi connectivity index (χ3n) is 4.73. The van der Waals surface area contributed by atoms with Gasteiger partial charge in [-0.25, -0.2) is 0 Å². The molecule has 4 heteroatoms. The van der Waals surface area contributed by atoms with Crippen LogP contribution in [0.3, 0.4) is 0 Å². The summed E-state index contributed by atoms with van der Waals surface area (Å²) in [5.41, 5.74) is 1.60. The van der Waals surface area contributed by atoms with Crippen molar-refractivity contribution in [1.82, 2.24) is 15.1 Å². The fourth-order valence-electron chi connectivity index (χ4n) is 3.56. The zero-order valence-corrected chi connectivity index (χ0v) is 12.9. The summed E-state index contributed by atoms with van der Waals surface area (Å²) in [7, 11) is 1.99. The van der Waals surface area contributed by atoms with Gasteiger partial charge in [0.05, 0.1) is 12.3 Å². The minimum atomic E-state index is 0.258. The summed E-state index contributed by atoms with van der Waals surface area (Å²) in [5, 5.41) is 7.99. The molecule has 1 saturated heterocycles. The molecule has 1 saturated carbocycles. The first-order valence-electron chi connectivity index (χ1n) is 7.91. The molecule has 1 aromatic heterocycles. The summed E-state index contributed by atoms with van der Waals surface area (Å²) in [4.78, 5) is 0. The highest BCUT2D eigenvalue weighted by Crippen LogP contribution is 2.49. The molecule has 2 fully saturated rings. The lowest BCUT2D eigenvalue weighted by molar-refractivity contribution is 0.0298. The molecule has 112 valence electrons. The van der Waals surface area contributed by atoms with Crippen molar-refractivity contribution in [1.29, 1.82) is 0 Å². The van der Waals surface area contributed by atoms with Gasteiger partial charge in [0, 0.05) is 37.9 Å². The Hall–Kier alpha value is -0.870. The van der Waals surface area contributed by atoms with Crippen LogP contribution >= 0.6 is 0 Å². The maximum absolute atomic E-state index is 6.14. The quantitative estimate of drug-likeness (QED) is 0.866. The minimum Gasteiger partial charge on any atom is -0.377 e. The predicted molar refractivity (Wildman–Crippen MR) is 79.6 cm³/mol. The Morgan fingerprint density at radius 1 is 1.50 bits per heavy atom. The Bertz CT molecular complexity index is 452. The van der Waals surface area contributed by atoms with Gasteiger partial charge in [-0.2, -0.15) is 5.10 Å². The molecule has 0 aromatic carbocycles. The van der Waals surface area contributed by atoms with E-state index in [1.54, 1.807) is 0 Å². The lowest BCUT2D eigenvalue weighted by Crippen LogP contribution is -2.45. The second-order valence-corrected chi connectivity index (χ2v) is 6.98. The number of hydrogen-bond acceptors (Lipinski definition) is 3. The summed E-state index contributed by atoms with van der Waals surface area (Å²) in [6.07, 6.45) is 9.56. The molecule has 0 amide bonds. The van der Waals surface area contributed by atoms with Crippen LogP contribution in [-0.4, -0.2) is 35.1 Å². The van der Waals surface area contributed by atoms with Gasteiger partial charge in [-0.1, -0.05) is 13.8 Å². The Morgan fingerprint density at radius 2 is 2.30 bits per heavy atom. The Labute approximate surface area is 121 Å². The van der Waals surface area contributed by atoms with Crippen molar-refractivity contribution in [3.05, 3.63) is 18.0 Å². The first-order chi connectivity index (χ1) is 9.59. The largest absolute Gasteiger partial charge is 0.377 e. The SMILES string of the molecule is CC(C)NCC1(Cc2cnn(C)c2)CCOC1C1CC1. The Balaban J connectivity index is 1.78. The lowest BCUT2D eigenvalue weighted by Gasteiger charge is -2.35.